The lowest BCUT2D eigenvalue weighted by Crippen LogP contribution is -2.39. The third kappa shape index (κ3) is 4.65. The molecular formula is C18H21FN4O2. The van der Waals surface area contributed by atoms with E-state index in [0.29, 0.717) is 31.3 Å². The minimum atomic E-state index is -0.287. The Morgan fingerprint density at radius 1 is 1.32 bits per heavy atom. The highest BCUT2D eigenvalue weighted by Gasteiger charge is 2.27. The van der Waals surface area contributed by atoms with Crippen LogP contribution in [0.5, 0.6) is 5.88 Å². The standard InChI is InChI=1S/C18H21FN4O2/c1-12-9-17(22-13(2)21-12)25-16-7-8-23(11-16)18(24)20-10-14-3-5-15(19)6-4-14/h3-6,9,16H,7-8,10-11H2,1-2H3,(H,20,24)/t16-/m0/s1. The number of rotatable bonds is 4. The van der Waals surface area contributed by atoms with Crippen molar-refractivity contribution >= 4 is 6.03 Å². The van der Waals surface area contributed by atoms with Crippen molar-refractivity contribution in [3.05, 3.63) is 53.2 Å². The van der Waals surface area contributed by atoms with Crippen LogP contribution in [0, 0.1) is 19.7 Å². The van der Waals surface area contributed by atoms with E-state index in [9.17, 15) is 9.18 Å². The molecule has 3 rings (SSSR count). The predicted octanol–water partition coefficient (Wildman–Crippen LogP) is 2.60. The summed E-state index contributed by atoms with van der Waals surface area (Å²) in [6.45, 7) is 5.22. The zero-order valence-electron chi connectivity index (χ0n) is 14.3. The summed E-state index contributed by atoms with van der Waals surface area (Å²) in [6.07, 6.45) is 0.678. The molecule has 0 unspecified atom stereocenters. The molecule has 0 aliphatic carbocycles. The Balaban J connectivity index is 1.49. The lowest BCUT2D eigenvalue weighted by atomic mass is 10.2. The summed E-state index contributed by atoms with van der Waals surface area (Å²) < 4.78 is 18.8. The Hall–Kier alpha value is -2.70. The molecule has 1 N–H and O–H groups in total. The van der Waals surface area contributed by atoms with Crippen molar-refractivity contribution in [1.82, 2.24) is 20.2 Å². The van der Waals surface area contributed by atoms with E-state index in [2.05, 4.69) is 15.3 Å². The summed E-state index contributed by atoms with van der Waals surface area (Å²) >= 11 is 0. The second-order valence-electron chi connectivity index (χ2n) is 6.15. The van der Waals surface area contributed by atoms with Crippen molar-refractivity contribution < 1.29 is 13.9 Å². The number of likely N-dealkylation sites (tertiary alicyclic amines) is 1. The molecule has 1 atom stereocenters. The molecule has 25 heavy (non-hydrogen) atoms. The molecular weight excluding hydrogens is 323 g/mol. The minimum absolute atomic E-state index is 0.0785. The van der Waals surface area contributed by atoms with E-state index in [1.807, 2.05) is 13.8 Å². The van der Waals surface area contributed by atoms with Gasteiger partial charge in [0.15, 0.2) is 0 Å². The van der Waals surface area contributed by atoms with Crippen molar-refractivity contribution in [1.29, 1.82) is 0 Å². The molecule has 6 nitrogen and oxygen atoms in total. The number of amides is 2. The number of ether oxygens (including phenoxy) is 1. The SMILES string of the molecule is Cc1cc(O[C@H]2CCN(C(=O)NCc3ccc(F)cc3)C2)nc(C)n1. The first-order valence-corrected chi connectivity index (χ1v) is 8.26. The minimum Gasteiger partial charge on any atom is -0.472 e. The molecule has 0 saturated carbocycles. The number of nitrogens with one attached hydrogen (secondary N) is 1. The molecule has 1 fully saturated rings. The van der Waals surface area contributed by atoms with Gasteiger partial charge in [0.2, 0.25) is 5.88 Å². The number of benzene rings is 1. The zero-order chi connectivity index (χ0) is 17.8. The summed E-state index contributed by atoms with van der Waals surface area (Å²) in [6, 6.07) is 7.73. The summed E-state index contributed by atoms with van der Waals surface area (Å²) in [4.78, 5) is 22.5. The van der Waals surface area contributed by atoms with E-state index in [1.165, 1.54) is 12.1 Å². The lowest BCUT2D eigenvalue weighted by molar-refractivity contribution is 0.182. The number of aryl methyl sites for hydroxylation is 2. The van der Waals surface area contributed by atoms with E-state index < -0.39 is 0 Å². The van der Waals surface area contributed by atoms with E-state index in [-0.39, 0.29) is 18.0 Å². The first kappa shape index (κ1) is 17.1. The van der Waals surface area contributed by atoms with Crippen LogP contribution in [0.25, 0.3) is 0 Å². The number of carbonyl (C=O) groups is 1. The molecule has 0 bridgehead atoms. The normalized spacial score (nSPS) is 16.8. The van der Waals surface area contributed by atoms with E-state index in [0.717, 1.165) is 17.7 Å². The molecule has 132 valence electrons. The average molecular weight is 344 g/mol. The van der Waals surface area contributed by atoms with Gasteiger partial charge < -0.3 is 15.0 Å². The molecule has 2 aromatic rings. The largest absolute Gasteiger partial charge is 0.472 e. The summed E-state index contributed by atoms with van der Waals surface area (Å²) in [5.74, 6) is 0.926. The average Bonchev–Trinajstić information content (AvgIpc) is 3.01. The van der Waals surface area contributed by atoms with Crippen molar-refractivity contribution in [2.75, 3.05) is 13.1 Å². The zero-order valence-corrected chi connectivity index (χ0v) is 14.3. The van der Waals surface area contributed by atoms with Crippen LogP contribution in [0.3, 0.4) is 0 Å². The monoisotopic (exact) mass is 344 g/mol. The summed E-state index contributed by atoms with van der Waals surface area (Å²) in [5.41, 5.74) is 1.71. The Morgan fingerprint density at radius 2 is 2.08 bits per heavy atom. The number of carbonyl (C=O) groups excluding carboxylic acids is 1. The number of hydrogen-bond acceptors (Lipinski definition) is 4. The van der Waals surface area contributed by atoms with Gasteiger partial charge in [-0.3, -0.25) is 0 Å². The van der Waals surface area contributed by atoms with Crippen LogP contribution in [0.1, 0.15) is 23.5 Å². The van der Waals surface area contributed by atoms with Gasteiger partial charge in [0.25, 0.3) is 0 Å². The Labute approximate surface area is 146 Å². The lowest BCUT2D eigenvalue weighted by Gasteiger charge is -2.18. The maximum atomic E-state index is 12.9. The van der Waals surface area contributed by atoms with Crippen LogP contribution in [-0.4, -0.2) is 40.1 Å². The van der Waals surface area contributed by atoms with Crippen LogP contribution in [0.2, 0.25) is 0 Å². The quantitative estimate of drug-likeness (QED) is 0.926. The summed E-state index contributed by atoms with van der Waals surface area (Å²) in [7, 11) is 0. The van der Waals surface area contributed by atoms with Crippen LogP contribution in [-0.2, 0) is 6.54 Å². The van der Waals surface area contributed by atoms with E-state index >= 15 is 0 Å². The van der Waals surface area contributed by atoms with Gasteiger partial charge >= 0.3 is 6.03 Å². The van der Waals surface area contributed by atoms with Crippen LogP contribution in [0.4, 0.5) is 9.18 Å². The predicted molar refractivity (Wildman–Crippen MR) is 90.7 cm³/mol. The molecule has 2 amide bonds. The van der Waals surface area contributed by atoms with Gasteiger partial charge in [0.1, 0.15) is 17.7 Å². The highest BCUT2D eigenvalue weighted by Crippen LogP contribution is 2.17. The van der Waals surface area contributed by atoms with Gasteiger partial charge in [-0.05, 0) is 31.5 Å². The molecule has 0 spiro atoms. The number of urea groups is 1. The Morgan fingerprint density at radius 3 is 2.80 bits per heavy atom. The molecule has 1 saturated heterocycles. The van der Waals surface area contributed by atoms with Crippen molar-refractivity contribution in [3.63, 3.8) is 0 Å². The fraction of sp³-hybridized carbons (Fsp3) is 0.389. The van der Waals surface area contributed by atoms with Gasteiger partial charge in [0.05, 0.1) is 6.54 Å². The molecule has 0 radical (unpaired) electrons. The number of nitrogens with zero attached hydrogens (tertiary/aromatic N) is 3. The second kappa shape index (κ2) is 7.46. The molecule has 1 aliphatic rings. The molecule has 7 heteroatoms. The van der Waals surface area contributed by atoms with Crippen molar-refractivity contribution in [2.45, 2.75) is 32.9 Å². The van der Waals surface area contributed by atoms with Crippen LogP contribution < -0.4 is 10.1 Å². The van der Waals surface area contributed by atoms with Gasteiger partial charge in [-0.2, -0.15) is 4.98 Å². The molecule has 1 aliphatic heterocycles. The molecule has 1 aromatic heterocycles. The molecule has 1 aromatic carbocycles. The fourth-order valence-corrected chi connectivity index (χ4v) is 2.81. The van der Waals surface area contributed by atoms with Gasteiger partial charge in [-0.1, -0.05) is 12.1 Å². The maximum absolute atomic E-state index is 12.9. The highest BCUT2D eigenvalue weighted by molar-refractivity contribution is 5.74. The number of hydrogen-bond donors (Lipinski definition) is 1. The smallest absolute Gasteiger partial charge is 0.317 e. The second-order valence-corrected chi connectivity index (χ2v) is 6.15. The van der Waals surface area contributed by atoms with Crippen LogP contribution >= 0.6 is 0 Å². The fourth-order valence-electron chi connectivity index (χ4n) is 2.81. The third-order valence-corrected chi connectivity index (χ3v) is 4.02. The van der Waals surface area contributed by atoms with Crippen molar-refractivity contribution in [3.8, 4) is 5.88 Å². The Bertz CT molecular complexity index is 731. The molecule has 2 heterocycles. The third-order valence-electron chi connectivity index (χ3n) is 4.02. The number of aromatic nitrogens is 2. The highest BCUT2D eigenvalue weighted by atomic mass is 19.1. The Kier molecular flexibility index (Phi) is 5.11. The van der Waals surface area contributed by atoms with E-state index in [4.69, 9.17) is 4.74 Å². The summed E-state index contributed by atoms with van der Waals surface area (Å²) in [5, 5.41) is 2.85. The van der Waals surface area contributed by atoms with Gasteiger partial charge in [-0.15, -0.1) is 0 Å². The topological polar surface area (TPSA) is 67.3 Å². The first-order chi connectivity index (χ1) is 12.0. The van der Waals surface area contributed by atoms with Crippen molar-refractivity contribution in [2.24, 2.45) is 0 Å². The van der Waals surface area contributed by atoms with E-state index in [1.54, 1.807) is 23.1 Å². The van der Waals surface area contributed by atoms with Gasteiger partial charge in [0, 0.05) is 31.3 Å². The maximum Gasteiger partial charge on any atom is 0.317 e. The van der Waals surface area contributed by atoms with Gasteiger partial charge in [-0.25, -0.2) is 14.2 Å². The number of halogens is 1. The first-order valence-electron chi connectivity index (χ1n) is 8.26. The van der Waals surface area contributed by atoms with Crippen LogP contribution in [0.15, 0.2) is 30.3 Å².